The first-order chi connectivity index (χ1) is 5.81. The zero-order valence-corrected chi connectivity index (χ0v) is 9.49. The summed E-state index contributed by atoms with van der Waals surface area (Å²) in [5, 5.41) is 2.80. The van der Waals surface area contributed by atoms with Crippen LogP contribution in [0.2, 0.25) is 0 Å². The summed E-state index contributed by atoms with van der Waals surface area (Å²) >= 11 is 4.84. The molecule has 0 fully saturated rings. The lowest BCUT2D eigenvalue weighted by molar-refractivity contribution is -0.125. The highest BCUT2D eigenvalue weighted by Crippen LogP contribution is 2.06. The molecular formula is C9H18N2OS. The minimum atomic E-state index is -0.587. The molecule has 0 aliphatic carbocycles. The molecule has 0 aliphatic heterocycles. The summed E-state index contributed by atoms with van der Waals surface area (Å²) in [5.74, 6) is 0.00826. The predicted octanol–water partition coefficient (Wildman–Crippen LogP) is 1.21. The van der Waals surface area contributed by atoms with Crippen molar-refractivity contribution in [2.45, 2.75) is 39.7 Å². The molecule has 0 aliphatic rings. The van der Waals surface area contributed by atoms with Crippen molar-refractivity contribution < 1.29 is 4.79 Å². The first-order valence-electron chi connectivity index (χ1n) is 4.43. The van der Waals surface area contributed by atoms with Gasteiger partial charge in [0.2, 0.25) is 5.91 Å². The van der Waals surface area contributed by atoms with E-state index in [4.69, 9.17) is 18.0 Å². The SMILES string of the molecule is CCC(C)C(=O)NC(C)(C)C(N)=S. The Morgan fingerprint density at radius 3 is 2.38 bits per heavy atom. The molecule has 0 bridgehead atoms. The van der Waals surface area contributed by atoms with Crippen molar-refractivity contribution in [3.05, 3.63) is 0 Å². The third-order valence-corrected chi connectivity index (χ3v) is 2.62. The van der Waals surface area contributed by atoms with Crippen molar-refractivity contribution in [1.29, 1.82) is 0 Å². The maximum atomic E-state index is 11.5. The lowest BCUT2D eigenvalue weighted by atomic mass is 10.0. The van der Waals surface area contributed by atoms with Crippen molar-refractivity contribution in [2.24, 2.45) is 11.7 Å². The first-order valence-corrected chi connectivity index (χ1v) is 4.84. The van der Waals surface area contributed by atoms with Crippen LogP contribution in [0.1, 0.15) is 34.1 Å². The third kappa shape index (κ3) is 3.72. The summed E-state index contributed by atoms with van der Waals surface area (Å²) in [5.41, 5.74) is 4.89. The number of carbonyl (C=O) groups is 1. The molecule has 0 rings (SSSR count). The maximum absolute atomic E-state index is 11.5. The van der Waals surface area contributed by atoms with Gasteiger partial charge in [-0.2, -0.15) is 0 Å². The zero-order valence-electron chi connectivity index (χ0n) is 8.68. The van der Waals surface area contributed by atoms with Gasteiger partial charge in [0, 0.05) is 5.92 Å². The third-order valence-electron chi connectivity index (χ3n) is 2.11. The molecule has 0 aromatic carbocycles. The summed E-state index contributed by atoms with van der Waals surface area (Å²) in [4.78, 5) is 11.8. The minimum Gasteiger partial charge on any atom is -0.391 e. The second-order valence-corrected chi connectivity index (χ2v) is 4.23. The van der Waals surface area contributed by atoms with Crippen molar-refractivity contribution in [1.82, 2.24) is 5.32 Å². The number of nitrogens with one attached hydrogen (secondary N) is 1. The second kappa shape index (κ2) is 4.56. The number of hydrogen-bond acceptors (Lipinski definition) is 2. The Balaban J connectivity index is 4.28. The Bertz CT molecular complexity index is 214. The van der Waals surface area contributed by atoms with E-state index in [2.05, 4.69) is 5.32 Å². The topological polar surface area (TPSA) is 55.1 Å². The molecular weight excluding hydrogens is 184 g/mol. The van der Waals surface area contributed by atoms with Gasteiger partial charge in [-0.15, -0.1) is 0 Å². The van der Waals surface area contributed by atoms with Crippen LogP contribution in [0.25, 0.3) is 0 Å². The molecule has 0 spiro atoms. The van der Waals surface area contributed by atoms with E-state index in [-0.39, 0.29) is 11.8 Å². The van der Waals surface area contributed by atoms with E-state index in [1.807, 2.05) is 13.8 Å². The van der Waals surface area contributed by atoms with E-state index >= 15 is 0 Å². The van der Waals surface area contributed by atoms with Gasteiger partial charge in [0.1, 0.15) is 0 Å². The number of amides is 1. The molecule has 4 heteroatoms. The van der Waals surface area contributed by atoms with E-state index in [0.717, 1.165) is 6.42 Å². The van der Waals surface area contributed by atoms with Crippen LogP contribution < -0.4 is 11.1 Å². The lowest BCUT2D eigenvalue weighted by Crippen LogP contribution is -2.53. The quantitative estimate of drug-likeness (QED) is 0.674. The number of thiocarbonyl (C=S) groups is 1. The van der Waals surface area contributed by atoms with E-state index in [0.29, 0.717) is 4.99 Å². The monoisotopic (exact) mass is 202 g/mol. The molecule has 0 saturated heterocycles. The van der Waals surface area contributed by atoms with Crippen LogP contribution in [-0.2, 0) is 4.79 Å². The zero-order chi connectivity index (χ0) is 10.6. The molecule has 3 nitrogen and oxygen atoms in total. The largest absolute Gasteiger partial charge is 0.391 e. The molecule has 0 aromatic rings. The average molecular weight is 202 g/mol. The highest BCUT2D eigenvalue weighted by atomic mass is 32.1. The Morgan fingerprint density at radius 2 is 2.08 bits per heavy atom. The smallest absolute Gasteiger partial charge is 0.223 e. The number of nitrogens with two attached hydrogens (primary N) is 1. The van der Waals surface area contributed by atoms with Crippen LogP contribution in [0.15, 0.2) is 0 Å². The lowest BCUT2D eigenvalue weighted by Gasteiger charge is -2.26. The van der Waals surface area contributed by atoms with Crippen LogP contribution in [-0.4, -0.2) is 16.4 Å². The molecule has 1 atom stereocenters. The fourth-order valence-electron chi connectivity index (χ4n) is 0.678. The molecule has 3 N–H and O–H groups in total. The average Bonchev–Trinajstić information content (AvgIpc) is 2.01. The van der Waals surface area contributed by atoms with Crippen molar-refractivity contribution in [3.63, 3.8) is 0 Å². The van der Waals surface area contributed by atoms with Gasteiger partial charge in [0.05, 0.1) is 10.5 Å². The number of carbonyl (C=O) groups excluding carboxylic acids is 1. The summed E-state index contributed by atoms with van der Waals surface area (Å²) in [6.07, 6.45) is 0.819. The highest BCUT2D eigenvalue weighted by molar-refractivity contribution is 7.80. The van der Waals surface area contributed by atoms with Gasteiger partial charge in [0.15, 0.2) is 0 Å². The molecule has 13 heavy (non-hydrogen) atoms. The van der Waals surface area contributed by atoms with Crippen LogP contribution in [0, 0.1) is 5.92 Å². The highest BCUT2D eigenvalue weighted by Gasteiger charge is 2.25. The van der Waals surface area contributed by atoms with E-state index < -0.39 is 5.54 Å². The normalized spacial score (nSPS) is 13.5. The van der Waals surface area contributed by atoms with E-state index in [1.165, 1.54) is 0 Å². The fourth-order valence-corrected chi connectivity index (χ4v) is 0.729. The van der Waals surface area contributed by atoms with Crippen LogP contribution in [0.4, 0.5) is 0 Å². The van der Waals surface area contributed by atoms with Crippen LogP contribution >= 0.6 is 12.2 Å². The van der Waals surface area contributed by atoms with Gasteiger partial charge < -0.3 is 11.1 Å². The van der Waals surface area contributed by atoms with E-state index in [1.54, 1.807) is 13.8 Å². The van der Waals surface area contributed by atoms with Crippen molar-refractivity contribution in [2.75, 3.05) is 0 Å². The molecule has 0 radical (unpaired) electrons. The Hall–Kier alpha value is -0.640. The van der Waals surface area contributed by atoms with Gasteiger partial charge in [-0.3, -0.25) is 4.79 Å². The Labute approximate surface area is 85.1 Å². The van der Waals surface area contributed by atoms with E-state index in [9.17, 15) is 4.79 Å². The molecule has 0 heterocycles. The summed E-state index contributed by atoms with van der Waals surface area (Å²) in [7, 11) is 0. The van der Waals surface area contributed by atoms with Gasteiger partial charge in [0.25, 0.3) is 0 Å². The standard InChI is InChI=1S/C9H18N2OS/c1-5-6(2)7(12)11-9(3,4)8(10)13/h6H,5H2,1-4H3,(H2,10,13)(H,11,12). The summed E-state index contributed by atoms with van der Waals surface area (Å²) in [6.45, 7) is 7.45. The number of rotatable bonds is 4. The minimum absolute atomic E-state index is 0.000278. The number of hydrogen-bond donors (Lipinski definition) is 2. The maximum Gasteiger partial charge on any atom is 0.223 e. The van der Waals surface area contributed by atoms with Gasteiger partial charge in [-0.05, 0) is 20.3 Å². The van der Waals surface area contributed by atoms with Crippen molar-refractivity contribution in [3.8, 4) is 0 Å². The Morgan fingerprint density at radius 1 is 1.62 bits per heavy atom. The van der Waals surface area contributed by atoms with Crippen LogP contribution in [0.5, 0.6) is 0 Å². The van der Waals surface area contributed by atoms with Gasteiger partial charge >= 0.3 is 0 Å². The van der Waals surface area contributed by atoms with Gasteiger partial charge in [-0.1, -0.05) is 26.1 Å². The van der Waals surface area contributed by atoms with Gasteiger partial charge in [-0.25, -0.2) is 0 Å². The summed E-state index contributed by atoms with van der Waals surface area (Å²) in [6, 6.07) is 0. The first kappa shape index (κ1) is 12.4. The predicted molar refractivity (Wildman–Crippen MR) is 58.5 cm³/mol. The molecule has 0 saturated carbocycles. The Kier molecular flexibility index (Phi) is 4.33. The fraction of sp³-hybridized carbons (Fsp3) is 0.778. The van der Waals surface area contributed by atoms with Crippen LogP contribution in [0.3, 0.4) is 0 Å². The molecule has 0 aromatic heterocycles. The molecule has 1 amide bonds. The second-order valence-electron chi connectivity index (χ2n) is 3.79. The summed E-state index contributed by atoms with van der Waals surface area (Å²) < 4.78 is 0. The molecule has 1 unspecified atom stereocenters. The van der Waals surface area contributed by atoms with Crippen molar-refractivity contribution >= 4 is 23.1 Å². The molecule has 76 valence electrons.